The number of rotatable bonds is 12. The van der Waals surface area contributed by atoms with Gasteiger partial charge in [0.15, 0.2) is 0 Å². The highest BCUT2D eigenvalue weighted by molar-refractivity contribution is 6.84. The van der Waals surface area contributed by atoms with Crippen LogP contribution < -0.4 is 0 Å². The molecule has 0 unspecified atom stereocenters. The Labute approximate surface area is 283 Å². The Morgan fingerprint density at radius 1 is 0.370 bits per heavy atom. The van der Waals surface area contributed by atoms with E-state index in [1.807, 2.05) is 0 Å². The van der Waals surface area contributed by atoms with Crippen molar-refractivity contribution in [3.63, 3.8) is 0 Å². The molecule has 0 N–H and O–H groups in total. The molecular weight excluding hydrogens is 585 g/mol. The van der Waals surface area contributed by atoms with Crippen LogP contribution in [0.15, 0.2) is 72.8 Å². The summed E-state index contributed by atoms with van der Waals surface area (Å²) >= 11 is 0. The second-order valence-electron chi connectivity index (χ2n) is 16.6. The summed E-state index contributed by atoms with van der Waals surface area (Å²) in [4.78, 5) is 0. The van der Waals surface area contributed by atoms with Gasteiger partial charge in [-0.2, -0.15) is 0 Å². The van der Waals surface area contributed by atoms with Crippen LogP contribution in [0.3, 0.4) is 0 Å². The zero-order chi connectivity index (χ0) is 33.6. The van der Waals surface area contributed by atoms with Gasteiger partial charge in [-0.3, -0.25) is 0 Å². The molecule has 5 aromatic carbocycles. The summed E-state index contributed by atoms with van der Waals surface area (Å²) in [6.45, 7) is 30.3. The van der Waals surface area contributed by atoms with Crippen molar-refractivity contribution in [2.45, 2.75) is 141 Å². The molecule has 0 spiro atoms. The van der Waals surface area contributed by atoms with Crippen molar-refractivity contribution >= 4 is 59.2 Å². The standard InChI is InChI=1S/C44H62Si2/c1-29(2)45(30(3)4,31(5)6)23-21-39-41-25-35-17-13-15-19-37(35)27-43(41)40(22-24-46(32(7)8,33(9)10)34(11)12)44-28-38-20-16-14-18-36(38)26-42(39)44/h13-20,25-34H,21-24H2,1-12H3. The third-order valence-corrected chi connectivity index (χ3v) is 28.3. The fourth-order valence-corrected chi connectivity index (χ4v) is 23.6. The molecule has 0 aliphatic heterocycles. The van der Waals surface area contributed by atoms with Crippen molar-refractivity contribution in [3.05, 3.63) is 83.9 Å². The second kappa shape index (κ2) is 13.6. The first kappa shape index (κ1) is 34.9. The molecule has 5 aromatic rings. The van der Waals surface area contributed by atoms with E-state index in [-0.39, 0.29) is 0 Å². The van der Waals surface area contributed by atoms with Crippen molar-refractivity contribution in [3.8, 4) is 0 Å². The van der Waals surface area contributed by atoms with Gasteiger partial charge in [-0.05, 0) is 91.3 Å². The van der Waals surface area contributed by atoms with Gasteiger partial charge in [0.2, 0.25) is 0 Å². The number of hydrogen-bond donors (Lipinski definition) is 0. The summed E-state index contributed by atoms with van der Waals surface area (Å²) in [5, 5.41) is 11.6. The first-order valence-electron chi connectivity index (χ1n) is 18.5. The zero-order valence-electron chi connectivity index (χ0n) is 31.2. The van der Waals surface area contributed by atoms with Crippen LogP contribution in [0, 0.1) is 0 Å². The molecule has 0 atom stereocenters. The summed E-state index contributed by atoms with van der Waals surface area (Å²) in [7, 11) is -3.16. The molecule has 0 nitrogen and oxygen atoms in total. The SMILES string of the molecule is CC(C)[Si](CCc1c2cc3ccccc3cc2c(CC[Si](C(C)C)(C(C)C)C(C)C)c2cc3ccccc3cc12)(C(C)C)C(C)C. The maximum absolute atomic E-state index is 2.57. The quantitative estimate of drug-likeness (QED) is 0.0934. The lowest BCUT2D eigenvalue weighted by molar-refractivity contribution is 0.789. The van der Waals surface area contributed by atoms with Crippen LogP contribution in [-0.2, 0) is 12.8 Å². The summed E-state index contributed by atoms with van der Waals surface area (Å²) < 4.78 is 0. The molecule has 5 rings (SSSR count). The van der Waals surface area contributed by atoms with Crippen LogP contribution in [0.4, 0.5) is 0 Å². The monoisotopic (exact) mass is 646 g/mol. The van der Waals surface area contributed by atoms with Gasteiger partial charge in [0.25, 0.3) is 0 Å². The Morgan fingerprint density at radius 2 is 0.587 bits per heavy atom. The average molecular weight is 647 g/mol. The van der Waals surface area contributed by atoms with E-state index in [2.05, 4.69) is 156 Å². The topological polar surface area (TPSA) is 0 Å². The molecule has 0 heterocycles. The molecule has 0 aromatic heterocycles. The number of hydrogen-bond acceptors (Lipinski definition) is 0. The summed E-state index contributed by atoms with van der Waals surface area (Å²) in [5.41, 5.74) is 7.83. The smallest absolute Gasteiger partial charge is 0.0616 e. The molecule has 0 aliphatic rings. The normalized spacial score (nSPS) is 13.4. The van der Waals surface area contributed by atoms with Gasteiger partial charge in [-0.25, -0.2) is 0 Å². The highest BCUT2D eigenvalue weighted by atomic mass is 28.3. The molecule has 0 bridgehead atoms. The largest absolute Gasteiger partial charge is 0.0651 e. The third kappa shape index (κ3) is 5.91. The lowest BCUT2D eigenvalue weighted by atomic mass is 9.87. The van der Waals surface area contributed by atoms with Crippen LogP contribution >= 0.6 is 0 Å². The minimum Gasteiger partial charge on any atom is -0.0651 e. The van der Waals surface area contributed by atoms with Crippen molar-refractivity contribution in [1.82, 2.24) is 0 Å². The van der Waals surface area contributed by atoms with Gasteiger partial charge in [-0.1, -0.05) is 177 Å². The number of benzene rings is 5. The van der Waals surface area contributed by atoms with E-state index in [9.17, 15) is 0 Å². The predicted molar refractivity (Wildman–Crippen MR) is 216 cm³/mol. The minimum atomic E-state index is -1.58. The van der Waals surface area contributed by atoms with Crippen molar-refractivity contribution in [1.29, 1.82) is 0 Å². The fraction of sp³-hybridized carbons (Fsp3) is 0.500. The van der Waals surface area contributed by atoms with Crippen molar-refractivity contribution in [2.75, 3.05) is 0 Å². The molecule has 0 radical (unpaired) electrons. The summed E-state index contributed by atoms with van der Waals surface area (Å²) in [6.07, 6.45) is 2.35. The van der Waals surface area contributed by atoms with Gasteiger partial charge >= 0.3 is 0 Å². The maximum atomic E-state index is 2.57. The van der Waals surface area contributed by atoms with Gasteiger partial charge in [0, 0.05) is 0 Å². The Morgan fingerprint density at radius 3 is 0.783 bits per heavy atom. The van der Waals surface area contributed by atoms with Gasteiger partial charge in [0.05, 0.1) is 16.1 Å². The van der Waals surface area contributed by atoms with E-state index in [0.29, 0.717) is 0 Å². The van der Waals surface area contributed by atoms with Gasteiger partial charge < -0.3 is 0 Å². The van der Waals surface area contributed by atoms with Crippen LogP contribution in [0.2, 0.25) is 45.3 Å². The predicted octanol–water partition coefficient (Wildman–Crippen LogP) is 14.7. The molecule has 46 heavy (non-hydrogen) atoms. The summed E-state index contributed by atoms with van der Waals surface area (Å²) in [6, 6.07) is 31.1. The van der Waals surface area contributed by atoms with Crippen LogP contribution in [0.1, 0.15) is 94.2 Å². The van der Waals surface area contributed by atoms with Gasteiger partial charge in [-0.15, -0.1) is 0 Å². The van der Waals surface area contributed by atoms with Gasteiger partial charge in [0.1, 0.15) is 0 Å². The van der Waals surface area contributed by atoms with Crippen molar-refractivity contribution in [2.24, 2.45) is 0 Å². The van der Waals surface area contributed by atoms with Crippen LogP contribution in [-0.4, -0.2) is 16.1 Å². The molecular formula is C44H62Si2. The Hall–Kier alpha value is -2.43. The Bertz CT molecular complexity index is 1550. The minimum absolute atomic E-state index is 0.771. The second-order valence-corrected chi connectivity index (χ2v) is 29.0. The first-order valence-corrected chi connectivity index (χ1v) is 23.4. The zero-order valence-corrected chi connectivity index (χ0v) is 33.2. The molecule has 0 amide bonds. The lowest BCUT2D eigenvalue weighted by Crippen LogP contribution is -2.44. The number of fused-ring (bicyclic) bond motifs is 4. The summed E-state index contributed by atoms with van der Waals surface area (Å²) in [5.74, 6) is 0. The third-order valence-electron chi connectivity index (χ3n) is 13.1. The molecule has 246 valence electrons. The van der Waals surface area contributed by atoms with Crippen LogP contribution in [0.25, 0.3) is 43.1 Å². The Kier molecular flexibility index (Phi) is 10.3. The number of aryl methyl sites for hydroxylation is 2. The van der Waals surface area contributed by atoms with E-state index in [4.69, 9.17) is 0 Å². The van der Waals surface area contributed by atoms with Crippen LogP contribution in [0.5, 0.6) is 0 Å². The van der Waals surface area contributed by atoms with Crippen molar-refractivity contribution < 1.29 is 0 Å². The average Bonchev–Trinajstić information content (AvgIpc) is 2.99. The van der Waals surface area contributed by atoms with E-state index < -0.39 is 16.1 Å². The lowest BCUT2D eigenvalue weighted by Gasteiger charge is -2.44. The first-order chi connectivity index (χ1) is 21.7. The molecule has 0 fully saturated rings. The molecule has 0 saturated heterocycles. The van der Waals surface area contributed by atoms with E-state index in [1.165, 1.54) is 68.0 Å². The highest BCUT2D eigenvalue weighted by Gasteiger charge is 2.43. The van der Waals surface area contributed by atoms with E-state index in [0.717, 1.165) is 33.2 Å². The van der Waals surface area contributed by atoms with E-state index >= 15 is 0 Å². The maximum Gasteiger partial charge on any atom is 0.0616 e. The Balaban J connectivity index is 1.84. The fourth-order valence-electron chi connectivity index (χ4n) is 10.7. The molecule has 2 heteroatoms. The molecule has 0 aliphatic carbocycles. The van der Waals surface area contributed by atoms with E-state index in [1.54, 1.807) is 11.1 Å². The highest BCUT2D eigenvalue weighted by Crippen LogP contribution is 2.49. The molecule has 0 saturated carbocycles.